The number of anilines is 1. The van der Waals surface area contributed by atoms with Gasteiger partial charge in [0.1, 0.15) is 12.4 Å². The first-order valence-corrected chi connectivity index (χ1v) is 4.10. The lowest BCUT2D eigenvalue weighted by molar-refractivity contribution is -0.115. The van der Waals surface area contributed by atoms with E-state index in [-0.39, 0.29) is 11.4 Å². The molecule has 0 bridgehead atoms. The zero-order valence-electron chi connectivity index (χ0n) is 7.89. The fraction of sp³-hybridized carbons (Fsp3) is 0.333. The second-order valence-corrected chi connectivity index (χ2v) is 2.96. The molecule has 0 saturated heterocycles. The Morgan fingerprint density at radius 3 is 2.67 bits per heavy atom. The molecule has 0 spiro atoms. The molecular formula is C9H8F3N3. The van der Waals surface area contributed by atoms with Crippen LogP contribution in [0.5, 0.6) is 0 Å². The molecule has 0 atom stereocenters. The van der Waals surface area contributed by atoms with E-state index in [2.05, 4.69) is 10.3 Å². The van der Waals surface area contributed by atoms with E-state index in [4.69, 9.17) is 5.26 Å². The van der Waals surface area contributed by atoms with Crippen molar-refractivity contribution in [3.05, 3.63) is 23.4 Å². The number of aryl methyl sites for hydroxylation is 1. The van der Waals surface area contributed by atoms with E-state index in [0.29, 0.717) is 5.69 Å². The van der Waals surface area contributed by atoms with E-state index in [1.54, 1.807) is 6.92 Å². The lowest BCUT2D eigenvalue weighted by atomic mass is 10.2. The number of alkyl halides is 3. The smallest absolute Gasteiger partial charge is 0.361 e. The summed E-state index contributed by atoms with van der Waals surface area (Å²) in [5.41, 5.74) is 0.783. The Kier molecular flexibility index (Phi) is 3.14. The monoisotopic (exact) mass is 215 g/mol. The summed E-state index contributed by atoms with van der Waals surface area (Å²) in [7, 11) is 0. The molecule has 0 aliphatic heterocycles. The van der Waals surface area contributed by atoms with E-state index in [1.807, 2.05) is 6.07 Å². The van der Waals surface area contributed by atoms with Gasteiger partial charge in [-0.05, 0) is 19.1 Å². The zero-order valence-corrected chi connectivity index (χ0v) is 7.89. The van der Waals surface area contributed by atoms with E-state index in [1.165, 1.54) is 12.1 Å². The first-order chi connectivity index (χ1) is 6.90. The van der Waals surface area contributed by atoms with Gasteiger partial charge in [-0.2, -0.15) is 18.4 Å². The van der Waals surface area contributed by atoms with Gasteiger partial charge in [0.05, 0.1) is 11.6 Å². The average Bonchev–Trinajstić information content (AvgIpc) is 2.13. The Labute approximate surface area is 84.5 Å². The normalized spacial score (nSPS) is 10.9. The summed E-state index contributed by atoms with van der Waals surface area (Å²) in [6.07, 6.45) is -4.29. The molecule has 15 heavy (non-hydrogen) atoms. The van der Waals surface area contributed by atoms with Crippen LogP contribution in [0.4, 0.5) is 19.0 Å². The van der Waals surface area contributed by atoms with Gasteiger partial charge in [-0.25, -0.2) is 4.98 Å². The highest BCUT2D eigenvalue weighted by Crippen LogP contribution is 2.16. The van der Waals surface area contributed by atoms with Crippen molar-refractivity contribution in [2.45, 2.75) is 13.1 Å². The summed E-state index contributed by atoms with van der Waals surface area (Å²) in [4.78, 5) is 3.82. The fourth-order valence-electron chi connectivity index (χ4n) is 1.01. The summed E-state index contributed by atoms with van der Waals surface area (Å²) in [6.45, 7) is 0.452. The predicted molar refractivity (Wildman–Crippen MR) is 48.2 cm³/mol. The number of halogens is 3. The third-order valence-corrected chi connectivity index (χ3v) is 1.55. The number of nitrogens with zero attached hydrogens (tertiary/aromatic N) is 2. The van der Waals surface area contributed by atoms with Gasteiger partial charge in [0.15, 0.2) is 0 Å². The fourth-order valence-corrected chi connectivity index (χ4v) is 1.01. The lowest BCUT2D eigenvalue weighted by Crippen LogP contribution is -2.21. The molecule has 0 saturated carbocycles. The largest absolute Gasteiger partial charge is 0.405 e. The molecule has 0 fully saturated rings. The SMILES string of the molecule is Cc1cc(C#N)cc(NCC(F)(F)F)n1. The van der Waals surface area contributed by atoms with Gasteiger partial charge >= 0.3 is 6.18 Å². The van der Waals surface area contributed by atoms with Crippen molar-refractivity contribution in [2.75, 3.05) is 11.9 Å². The Bertz CT molecular complexity index is 393. The molecule has 0 unspecified atom stereocenters. The Hall–Kier alpha value is -1.77. The molecule has 1 heterocycles. The number of hydrogen-bond donors (Lipinski definition) is 1. The van der Waals surface area contributed by atoms with Crippen LogP contribution < -0.4 is 5.32 Å². The molecule has 0 aliphatic rings. The minimum atomic E-state index is -4.29. The van der Waals surface area contributed by atoms with Crippen LogP contribution in [0.3, 0.4) is 0 Å². The van der Waals surface area contributed by atoms with Gasteiger partial charge in [-0.3, -0.25) is 0 Å². The minimum absolute atomic E-state index is 0.0591. The van der Waals surface area contributed by atoms with Crippen molar-refractivity contribution in [3.63, 3.8) is 0 Å². The Morgan fingerprint density at radius 1 is 1.47 bits per heavy atom. The van der Waals surface area contributed by atoms with Crippen LogP contribution in [0.2, 0.25) is 0 Å². The third-order valence-electron chi connectivity index (χ3n) is 1.55. The van der Waals surface area contributed by atoms with Crippen molar-refractivity contribution < 1.29 is 13.2 Å². The van der Waals surface area contributed by atoms with Crippen molar-refractivity contribution in [2.24, 2.45) is 0 Å². The molecule has 0 aliphatic carbocycles. The number of pyridine rings is 1. The molecule has 6 heteroatoms. The topological polar surface area (TPSA) is 48.7 Å². The van der Waals surface area contributed by atoms with E-state index in [0.717, 1.165) is 0 Å². The Morgan fingerprint density at radius 2 is 2.13 bits per heavy atom. The van der Waals surface area contributed by atoms with Gasteiger partial charge in [0.2, 0.25) is 0 Å². The molecule has 1 aromatic rings. The van der Waals surface area contributed by atoms with Crippen LogP contribution >= 0.6 is 0 Å². The average molecular weight is 215 g/mol. The van der Waals surface area contributed by atoms with E-state index in [9.17, 15) is 13.2 Å². The maximum absolute atomic E-state index is 11.9. The first kappa shape index (κ1) is 11.3. The molecule has 80 valence electrons. The van der Waals surface area contributed by atoms with Crippen molar-refractivity contribution >= 4 is 5.82 Å². The highest BCUT2D eigenvalue weighted by molar-refractivity contribution is 5.44. The molecule has 0 amide bonds. The minimum Gasteiger partial charge on any atom is -0.361 e. The molecule has 0 aromatic carbocycles. The van der Waals surface area contributed by atoms with Crippen molar-refractivity contribution in [1.82, 2.24) is 4.98 Å². The highest BCUT2D eigenvalue weighted by atomic mass is 19.4. The quantitative estimate of drug-likeness (QED) is 0.822. The van der Waals surface area contributed by atoms with Crippen LogP contribution in [0.25, 0.3) is 0 Å². The number of nitriles is 1. The third kappa shape index (κ3) is 3.85. The molecule has 1 N–H and O–H groups in total. The number of rotatable bonds is 2. The predicted octanol–water partition coefficient (Wildman–Crippen LogP) is 2.24. The second kappa shape index (κ2) is 4.17. The Balaban J connectivity index is 2.78. The van der Waals surface area contributed by atoms with Crippen LogP contribution in [0, 0.1) is 18.3 Å². The van der Waals surface area contributed by atoms with E-state index < -0.39 is 12.7 Å². The van der Waals surface area contributed by atoms with Gasteiger partial charge in [0.25, 0.3) is 0 Å². The van der Waals surface area contributed by atoms with Gasteiger partial charge in [0, 0.05) is 5.69 Å². The summed E-state index contributed by atoms with van der Waals surface area (Å²) < 4.78 is 35.6. The maximum Gasteiger partial charge on any atom is 0.405 e. The lowest BCUT2D eigenvalue weighted by Gasteiger charge is -2.09. The summed E-state index contributed by atoms with van der Waals surface area (Å²) in [5, 5.41) is 10.7. The van der Waals surface area contributed by atoms with Gasteiger partial charge in [-0.1, -0.05) is 0 Å². The summed E-state index contributed by atoms with van der Waals surface area (Å²) in [5.74, 6) is 0.0591. The first-order valence-electron chi connectivity index (χ1n) is 4.10. The summed E-state index contributed by atoms with van der Waals surface area (Å²) in [6, 6.07) is 4.62. The maximum atomic E-state index is 11.9. The number of nitrogens with one attached hydrogen (secondary N) is 1. The van der Waals surface area contributed by atoms with Crippen LogP contribution in [0.1, 0.15) is 11.3 Å². The highest BCUT2D eigenvalue weighted by Gasteiger charge is 2.26. The molecule has 0 radical (unpaired) electrons. The molecular weight excluding hydrogens is 207 g/mol. The van der Waals surface area contributed by atoms with Crippen LogP contribution in [0.15, 0.2) is 12.1 Å². The van der Waals surface area contributed by atoms with Crippen molar-refractivity contribution in [3.8, 4) is 6.07 Å². The second-order valence-electron chi connectivity index (χ2n) is 2.96. The van der Waals surface area contributed by atoms with Crippen molar-refractivity contribution in [1.29, 1.82) is 5.26 Å². The van der Waals surface area contributed by atoms with E-state index >= 15 is 0 Å². The summed E-state index contributed by atoms with van der Waals surface area (Å²) >= 11 is 0. The molecule has 3 nitrogen and oxygen atoms in total. The molecule has 1 aromatic heterocycles. The van der Waals surface area contributed by atoms with Crippen LogP contribution in [-0.2, 0) is 0 Å². The zero-order chi connectivity index (χ0) is 11.5. The van der Waals surface area contributed by atoms with Crippen LogP contribution in [-0.4, -0.2) is 17.7 Å². The van der Waals surface area contributed by atoms with Gasteiger partial charge < -0.3 is 5.32 Å². The standard InChI is InChI=1S/C9H8F3N3/c1-6-2-7(4-13)3-8(15-6)14-5-9(10,11)12/h2-3H,5H2,1H3,(H,14,15). The number of aromatic nitrogens is 1. The molecule has 1 rings (SSSR count). The van der Waals surface area contributed by atoms with Gasteiger partial charge in [-0.15, -0.1) is 0 Å². The number of hydrogen-bond acceptors (Lipinski definition) is 3.